The second-order valence-corrected chi connectivity index (χ2v) is 5.81. The van der Waals surface area contributed by atoms with Crippen LogP contribution in [0.4, 0.5) is 0 Å². The number of benzene rings is 1. The maximum atomic E-state index is 12.6. The van der Waals surface area contributed by atoms with E-state index in [2.05, 4.69) is 0 Å². The molecule has 0 unspecified atom stereocenters. The number of hydrogen-bond donors (Lipinski definition) is 1. The average molecular weight is 304 g/mol. The van der Waals surface area contributed by atoms with E-state index in [1.807, 2.05) is 47.9 Å². The molecule has 1 N–H and O–H groups in total. The van der Waals surface area contributed by atoms with Crippen molar-refractivity contribution in [3.05, 3.63) is 35.4 Å². The lowest BCUT2D eigenvalue weighted by molar-refractivity contribution is -0.143. The summed E-state index contributed by atoms with van der Waals surface area (Å²) in [6.45, 7) is 6.46. The third-order valence-electron chi connectivity index (χ3n) is 4.20. The second-order valence-electron chi connectivity index (χ2n) is 5.81. The number of rotatable bonds is 4. The van der Waals surface area contributed by atoms with Gasteiger partial charge in [-0.2, -0.15) is 0 Å². The lowest BCUT2D eigenvalue weighted by atomic mass is 10.1. The summed E-state index contributed by atoms with van der Waals surface area (Å²) in [6, 6.07) is 7.15. The number of aryl methyl sites for hydroxylation is 1. The zero-order valence-corrected chi connectivity index (χ0v) is 13.3. The first-order valence-corrected chi connectivity index (χ1v) is 7.85. The quantitative estimate of drug-likeness (QED) is 0.924. The molecule has 0 bridgehead atoms. The Hall–Kier alpha value is -1.88. The van der Waals surface area contributed by atoms with Gasteiger partial charge in [0, 0.05) is 31.7 Å². The highest BCUT2D eigenvalue weighted by atomic mass is 16.4. The minimum atomic E-state index is -0.777. The second kappa shape index (κ2) is 7.40. The largest absolute Gasteiger partial charge is 0.480 e. The van der Waals surface area contributed by atoms with Crippen LogP contribution in [0.1, 0.15) is 35.7 Å². The number of carbonyl (C=O) groups is 2. The van der Waals surface area contributed by atoms with Gasteiger partial charge in [0.15, 0.2) is 0 Å². The Morgan fingerprint density at radius 2 is 2.00 bits per heavy atom. The molecular weight excluding hydrogens is 280 g/mol. The van der Waals surface area contributed by atoms with E-state index >= 15 is 0 Å². The Kier molecular flexibility index (Phi) is 5.55. The van der Waals surface area contributed by atoms with Crippen molar-refractivity contribution in [3.63, 3.8) is 0 Å². The predicted molar refractivity (Wildman–Crippen MR) is 85.0 cm³/mol. The molecule has 0 saturated carbocycles. The molecule has 1 aromatic carbocycles. The number of carboxylic acid groups (broad SMARTS) is 1. The molecular formula is C17H24N2O3. The van der Waals surface area contributed by atoms with Crippen LogP contribution in [0.5, 0.6) is 0 Å². The average Bonchev–Trinajstić information content (AvgIpc) is 2.73. The first-order chi connectivity index (χ1) is 10.5. The van der Waals surface area contributed by atoms with E-state index in [1.165, 1.54) is 0 Å². The third-order valence-corrected chi connectivity index (χ3v) is 4.20. The Bertz CT molecular complexity index is 544. The van der Waals surface area contributed by atoms with Gasteiger partial charge in [0.25, 0.3) is 5.91 Å². The topological polar surface area (TPSA) is 60.9 Å². The molecule has 22 heavy (non-hydrogen) atoms. The van der Waals surface area contributed by atoms with E-state index < -0.39 is 12.0 Å². The SMILES string of the molecule is CC[C@H](C(=O)O)N1CCCN(C(=O)c2cccc(C)c2)CC1. The van der Waals surface area contributed by atoms with Crippen molar-refractivity contribution in [1.82, 2.24) is 9.80 Å². The molecule has 1 saturated heterocycles. The van der Waals surface area contributed by atoms with Crippen LogP contribution < -0.4 is 0 Å². The van der Waals surface area contributed by atoms with Crippen molar-refractivity contribution in [1.29, 1.82) is 0 Å². The highest BCUT2D eigenvalue weighted by molar-refractivity contribution is 5.94. The zero-order chi connectivity index (χ0) is 16.1. The minimum Gasteiger partial charge on any atom is -0.480 e. The van der Waals surface area contributed by atoms with E-state index in [-0.39, 0.29) is 5.91 Å². The Morgan fingerprint density at radius 1 is 1.23 bits per heavy atom. The lowest BCUT2D eigenvalue weighted by Gasteiger charge is -2.26. The van der Waals surface area contributed by atoms with Gasteiger partial charge >= 0.3 is 5.97 Å². The summed E-state index contributed by atoms with van der Waals surface area (Å²) in [5.41, 5.74) is 1.78. The molecule has 1 fully saturated rings. The van der Waals surface area contributed by atoms with E-state index in [9.17, 15) is 14.7 Å². The number of amides is 1. The molecule has 0 aromatic heterocycles. The molecule has 5 nitrogen and oxygen atoms in total. The molecule has 0 spiro atoms. The van der Waals surface area contributed by atoms with Crippen LogP contribution in [0.25, 0.3) is 0 Å². The monoisotopic (exact) mass is 304 g/mol. The predicted octanol–water partition coefficient (Wildman–Crippen LogP) is 2.01. The summed E-state index contributed by atoms with van der Waals surface area (Å²) < 4.78 is 0. The van der Waals surface area contributed by atoms with Crippen LogP contribution in [0.3, 0.4) is 0 Å². The summed E-state index contributed by atoms with van der Waals surface area (Å²) in [7, 11) is 0. The van der Waals surface area contributed by atoms with Gasteiger partial charge in [0.1, 0.15) is 6.04 Å². The summed E-state index contributed by atoms with van der Waals surface area (Å²) in [6.07, 6.45) is 1.39. The van der Waals surface area contributed by atoms with Crippen molar-refractivity contribution >= 4 is 11.9 Å². The summed E-state index contributed by atoms with van der Waals surface area (Å²) in [4.78, 5) is 27.7. The van der Waals surface area contributed by atoms with Crippen molar-refractivity contribution in [3.8, 4) is 0 Å². The molecule has 120 valence electrons. The fourth-order valence-electron chi connectivity index (χ4n) is 3.00. The van der Waals surface area contributed by atoms with Crippen LogP contribution in [0.2, 0.25) is 0 Å². The van der Waals surface area contributed by atoms with E-state index in [0.717, 1.165) is 18.5 Å². The van der Waals surface area contributed by atoms with Gasteiger partial charge in [0.05, 0.1) is 0 Å². The molecule has 0 radical (unpaired) electrons. The molecule has 1 heterocycles. The van der Waals surface area contributed by atoms with E-state index in [0.29, 0.717) is 31.6 Å². The van der Waals surface area contributed by atoms with Gasteiger partial charge in [-0.3, -0.25) is 14.5 Å². The Labute approximate surface area is 131 Å². The number of hydrogen-bond acceptors (Lipinski definition) is 3. The summed E-state index contributed by atoms with van der Waals surface area (Å²) in [5.74, 6) is -0.741. The fourth-order valence-corrected chi connectivity index (χ4v) is 3.00. The van der Waals surface area contributed by atoms with Gasteiger partial charge in [-0.15, -0.1) is 0 Å². The maximum Gasteiger partial charge on any atom is 0.320 e. The highest BCUT2D eigenvalue weighted by Crippen LogP contribution is 2.13. The molecule has 5 heteroatoms. The van der Waals surface area contributed by atoms with Gasteiger partial charge in [-0.25, -0.2) is 0 Å². The van der Waals surface area contributed by atoms with Gasteiger partial charge in [-0.1, -0.05) is 24.6 Å². The van der Waals surface area contributed by atoms with Crippen molar-refractivity contribution < 1.29 is 14.7 Å². The van der Waals surface area contributed by atoms with Crippen molar-refractivity contribution in [2.75, 3.05) is 26.2 Å². The van der Waals surface area contributed by atoms with Crippen LogP contribution in [0, 0.1) is 6.92 Å². The highest BCUT2D eigenvalue weighted by Gasteiger charge is 2.27. The summed E-state index contributed by atoms with van der Waals surface area (Å²) >= 11 is 0. The molecule has 1 amide bonds. The molecule has 1 aromatic rings. The normalized spacial score (nSPS) is 17.8. The number of nitrogens with zero attached hydrogens (tertiary/aromatic N) is 2. The molecule has 0 aliphatic carbocycles. The molecule has 2 rings (SSSR count). The van der Waals surface area contributed by atoms with Crippen LogP contribution in [-0.4, -0.2) is 59.0 Å². The van der Waals surface area contributed by atoms with Crippen LogP contribution >= 0.6 is 0 Å². The van der Waals surface area contributed by atoms with Crippen LogP contribution in [-0.2, 0) is 4.79 Å². The van der Waals surface area contributed by atoms with Crippen molar-refractivity contribution in [2.24, 2.45) is 0 Å². The van der Waals surface area contributed by atoms with E-state index in [4.69, 9.17) is 0 Å². The third kappa shape index (κ3) is 3.85. The standard InChI is InChI=1S/C17H24N2O3/c1-3-15(17(21)22)18-8-5-9-19(11-10-18)16(20)14-7-4-6-13(2)12-14/h4,6-7,12,15H,3,5,8-11H2,1-2H3,(H,21,22)/t15-/m1/s1. The number of aliphatic carboxylic acids is 1. The van der Waals surface area contributed by atoms with Crippen LogP contribution in [0.15, 0.2) is 24.3 Å². The summed E-state index contributed by atoms with van der Waals surface area (Å²) in [5, 5.41) is 9.28. The minimum absolute atomic E-state index is 0.0360. The Morgan fingerprint density at radius 3 is 2.64 bits per heavy atom. The van der Waals surface area contributed by atoms with Gasteiger partial charge < -0.3 is 10.0 Å². The lowest BCUT2D eigenvalue weighted by Crippen LogP contribution is -2.43. The molecule has 1 atom stereocenters. The molecule has 1 aliphatic rings. The number of carboxylic acids is 1. The first kappa shape index (κ1) is 16.5. The number of carbonyl (C=O) groups excluding carboxylic acids is 1. The van der Waals surface area contributed by atoms with E-state index in [1.54, 1.807) is 0 Å². The van der Waals surface area contributed by atoms with Gasteiger partial charge in [-0.05, 0) is 31.9 Å². The Balaban J connectivity index is 2.04. The maximum absolute atomic E-state index is 12.6. The smallest absolute Gasteiger partial charge is 0.320 e. The first-order valence-electron chi connectivity index (χ1n) is 7.85. The fraction of sp³-hybridized carbons (Fsp3) is 0.529. The van der Waals surface area contributed by atoms with Gasteiger partial charge in [0.2, 0.25) is 0 Å². The van der Waals surface area contributed by atoms with Crippen molar-refractivity contribution in [2.45, 2.75) is 32.7 Å². The molecule has 1 aliphatic heterocycles. The zero-order valence-electron chi connectivity index (χ0n) is 13.3.